The Morgan fingerprint density at radius 2 is 1.67 bits per heavy atom. The van der Waals surface area contributed by atoms with Crippen LogP contribution in [0.5, 0.6) is 0 Å². The van der Waals surface area contributed by atoms with Gasteiger partial charge in [-0.2, -0.15) is 4.57 Å². The van der Waals surface area contributed by atoms with Crippen LogP contribution in [0.15, 0.2) is 41.5 Å². The Hall–Kier alpha value is -3.74. The van der Waals surface area contributed by atoms with E-state index in [4.69, 9.17) is 0 Å². The third-order valence-electron chi connectivity index (χ3n) is 6.70. The molecule has 0 unspecified atom stereocenters. The van der Waals surface area contributed by atoms with Crippen LogP contribution < -0.4 is 10.1 Å². The number of benzene rings is 1. The van der Waals surface area contributed by atoms with E-state index < -0.39 is 5.91 Å². The highest BCUT2D eigenvalue weighted by atomic mass is 16.2. The summed E-state index contributed by atoms with van der Waals surface area (Å²) in [5.41, 5.74) is 5.85. The molecule has 7 nitrogen and oxygen atoms in total. The third-order valence-corrected chi connectivity index (χ3v) is 6.70. The number of nitrogens with one attached hydrogen (secondary N) is 1. The van der Waals surface area contributed by atoms with Crippen molar-refractivity contribution < 1.29 is 14.2 Å². The molecule has 0 saturated heterocycles. The lowest BCUT2D eigenvalue weighted by molar-refractivity contribution is -0.577. The van der Waals surface area contributed by atoms with E-state index in [1.54, 1.807) is 10.8 Å². The van der Waals surface area contributed by atoms with E-state index in [-0.39, 0.29) is 40.8 Å². The monoisotopic (exact) mass is 487 g/mol. The summed E-state index contributed by atoms with van der Waals surface area (Å²) >= 11 is 0. The number of aromatic nitrogens is 3. The van der Waals surface area contributed by atoms with E-state index in [1.165, 1.54) is 9.58 Å². The van der Waals surface area contributed by atoms with Crippen LogP contribution in [-0.4, -0.2) is 33.0 Å². The van der Waals surface area contributed by atoms with Crippen LogP contribution in [-0.2, 0) is 16.0 Å². The first-order chi connectivity index (χ1) is 17.0. The molecule has 36 heavy (non-hydrogen) atoms. The Morgan fingerprint density at radius 1 is 0.944 bits per heavy atom. The van der Waals surface area contributed by atoms with Crippen molar-refractivity contribution in [3.05, 3.63) is 80.5 Å². The standard InChI is InChI=1S/C29H34N4O3/c1-8-9-22-24(28(35)33(30-22)23-11-10-18(4)14-20(23)6)25-26(31-13-12-19(5)21(7)16-31)29(36)32(27(25)34)15-17(2)3/h10-14,16-17H,8-9,15H2,1-7H3/p+1. The van der Waals surface area contributed by atoms with Crippen LogP contribution >= 0.6 is 0 Å². The van der Waals surface area contributed by atoms with Crippen LogP contribution in [0.25, 0.3) is 17.0 Å². The van der Waals surface area contributed by atoms with Gasteiger partial charge in [-0.05, 0) is 57.2 Å². The van der Waals surface area contributed by atoms with Crippen molar-refractivity contribution in [3.8, 4) is 5.69 Å². The van der Waals surface area contributed by atoms with Crippen LogP contribution in [0, 0.1) is 33.6 Å². The molecule has 0 spiro atoms. The van der Waals surface area contributed by atoms with E-state index >= 15 is 0 Å². The number of pyridine rings is 1. The minimum atomic E-state index is -0.421. The number of amides is 2. The number of aromatic amines is 1. The van der Waals surface area contributed by atoms with Crippen LogP contribution in [0.1, 0.15) is 60.7 Å². The van der Waals surface area contributed by atoms with Crippen molar-refractivity contribution in [1.29, 1.82) is 0 Å². The zero-order chi connectivity index (χ0) is 26.3. The molecule has 0 bridgehead atoms. The molecule has 0 radical (unpaired) electrons. The van der Waals surface area contributed by atoms with Gasteiger partial charge in [-0.25, -0.2) is 4.68 Å². The second-order valence-corrected chi connectivity index (χ2v) is 10.2. The molecule has 0 saturated carbocycles. The van der Waals surface area contributed by atoms with Gasteiger partial charge in [0.1, 0.15) is 5.57 Å². The van der Waals surface area contributed by atoms with Crippen molar-refractivity contribution in [2.24, 2.45) is 5.92 Å². The van der Waals surface area contributed by atoms with Gasteiger partial charge in [0.25, 0.3) is 17.2 Å². The number of imide groups is 1. The van der Waals surface area contributed by atoms with Crippen LogP contribution in [0.4, 0.5) is 0 Å². The highest BCUT2D eigenvalue weighted by molar-refractivity contribution is 6.44. The highest BCUT2D eigenvalue weighted by Gasteiger charge is 2.47. The minimum absolute atomic E-state index is 0.0939. The number of carbonyl (C=O) groups is 2. The van der Waals surface area contributed by atoms with Gasteiger partial charge in [0.05, 0.1) is 11.3 Å². The Bertz CT molecular complexity index is 1460. The van der Waals surface area contributed by atoms with Crippen LogP contribution in [0.3, 0.4) is 0 Å². The molecule has 0 atom stereocenters. The van der Waals surface area contributed by atoms with E-state index in [1.807, 2.05) is 78.9 Å². The zero-order valence-electron chi connectivity index (χ0n) is 22.2. The van der Waals surface area contributed by atoms with Gasteiger partial charge < -0.3 is 0 Å². The summed E-state index contributed by atoms with van der Waals surface area (Å²) in [6, 6.07) is 7.80. The van der Waals surface area contributed by atoms with E-state index in [2.05, 4.69) is 5.10 Å². The number of H-pyrrole nitrogens is 1. The van der Waals surface area contributed by atoms with E-state index in [9.17, 15) is 14.4 Å². The van der Waals surface area contributed by atoms with Crippen molar-refractivity contribution in [3.63, 3.8) is 0 Å². The number of aryl methyl sites for hydroxylation is 5. The zero-order valence-corrected chi connectivity index (χ0v) is 22.2. The molecular weight excluding hydrogens is 452 g/mol. The topological polar surface area (TPSA) is 79.1 Å². The summed E-state index contributed by atoms with van der Waals surface area (Å²) in [6.45, 7) is 14.2. The fourth-order valence-electron chi connectivity index (χ4n) is 4.77. The summed E-state index contributed by atoms with van der Waals surface area (Å²) in [5, 5.41) is 3.27. The number of rotatable bonds is 7. The Morgan fingerprint density at radius 3 is 2.28 bits per heavy atom. The van der Waals surface area contributed by atoms with Gasteiger partial charge in [0.15, 0.2) is 12.4 Å². The maximum atomic E-state index is 14.0. The molecular formula is C29H35N4O3+. The molecule has 2 amide bonds. The largest absolute Gasteiger partial charge is 0.326 e. The number of carbonyl (C=O) groups excluding carboxylic acids is 2. The minimum Gasteiger partial charge on any atom is -0.294 e. The molecule has 1 aromatic carbocycles. The van der Waals surface area contributed by atoms with Gasteiger partial charge >= 0.3 is 5.91 Å². The van der Waals surface area contributed by atoms with Crippen LogP contribution in [0.2, 0.25) is 0 Å². The molecule has 4 rings (SSSR count). The fourth-order valence-corrected chi connectivity index (χ4v) is 4.77. The quantitative estimate of drug-likeness (QED) is 0.404. The average molecular weight is 488 g/mol. The second kappa shape index (κ2) is 9.72. The maximum Gasteiger partial charge on any atom is 0.326 e. The van der Waals surface area contributed by atoms with E-state index in [0.717, 1.165) is 34.4 Å². The lowest BCUT2D eigenvalue weighted by atomic mass is 10.0. The van der Waals surface area contributed by atoms with Gasteiger partial charge in [-0.3, -0.25) is 24.4 Å². The Kier molecular flexibility index (Phi) is 6.85. The predicted octanol–water partition coefficient (Wildman–Crippen LogP) is 4.03. The van der Waals surface area contributed by atoms with Gasteiger partial charge in [-0.15, -0.1) is 0 Å². The average Bonchev–Trinajstić information content (AvgIpc) is 3.23. The predicted molar refractivity (Wildman–Crippen MR) is 141 cm³/mol. The number of hydrogen-bond acceptors (Lipinski definition) is 3. The molecule has 3 aromatic rings. The van der Waals surface area contributed by atoms with Crippen molar-refractivity contribution in [2.45, 2.75) is 61.3 Å². The fraction of sp³-hybridized carbons (Fsp3) is 0.379. The maximum absolute atomic E-state index is 14.0. The van der Waals surface area contributed by atoms with Gasteiger partial charge in [0.2, 0.25) is 0 Å². The summed E-state index contributed by atoms with van der Waals surface area (Å²) in [7, 11) is 0. The molecule has 1 aliphatic rings. The van der Waals surface area contributed by atoms with Gasteiger partial charge in [0, 0.05) is 23.9 Å². The van der Waals surface area contributed by atoms with Crippen molar-refractivity contribution in [1.82, 2.24) is 14.7 Å². The Balaban J connectivity index is 2.03. The summed E-state index contributed by atoms with van der Waals surface area (Å²) < 4.78 is 3.20. The molecule has 2 aromatic heterocycles. The summed E-state index contributed by atoms with van der Waals surface area (Å²) in [6.07, 6.45) is 4.99. The summed E-state index contributed by atoms with van der Waals surface area (Å²) in [4.78, 5) is 42.8. The molecule has 1 aliphatic heterocycles. The number of hydrogen-bond donors (Lipinski definition) is 1. The smallest absolute Gasteiger partial charge is 0.294 e. The lowest BCUT2D eigenvalue weighted by Crippen LogP contribution is -2.41. The van der Waals surface area contributed by atoms with E-state index in [0.29, 0.717) is 12.1 Å². The third kappa shape index (κ3) is 4.34. The molecule has 1 N–H and O–H groups in total. The summed E-state index contributed by atoms with van der Waals surface area (Å²) in [5.74, 6) is -0.704. The molecule has 3 heterocycles. The first-order valence-electron chi connectivity index (χ1n) is 12.6. The molecule has 0 aliphatic carbocycles. The first-order valence-corrected chi connectivity index (χ1v) is 12.6. The first kappa shape index (κ1) is 25.4. The Labute approximate surface area is 212 Å². The number of nitrogens with zero attached hydrogens (tertiary/aromatic N) is 3. The molecule has 7 heteroatoms. The normalized spacial score (nSPS) is 14.1. The second-order valence-electron chi connectivity index (χ2n) is 10.2. The van der Waals surface area contributed by atoms with Gasteiger partial charge in [-0.1, -0.05) is 44.9 Å². The highest BCUT2D eigenvalue weighted by Crippen LogP contribution is 2.31. The lowest BCUT2D eigenvalue weighted by Gasteiger charge is -2.16. The SMILES string of the molecule is CCCc1[nH]n(-c2ccc(C)cc2C)c(=O)c1C1=C([n+]2ccc(C)c(C)c2)C(=O)N(CC(C)C)C1=O. The molecule has 188 valence electrons. The van der Waals surface area contributed by atoms with Crippen molar-refractivity contribution >= 4 is 23.1 Å². The molecule has 0 fully saturated rings. The van der Waals surface area contributed by atoms with Crippen molar-refractivity contribution in [2.75, 3.05) is 6.54 Å².